The van der Waals surface area contributed by atoms with Crippen molar-refractivity contribution >= 4 is 0 Å². The first-order chi connectivity index (χ1) is 9.60. The van der Waals surface area contributed by atoms with E-state index in [1.807, 2.05) is 20.0 Å². The molecule has 0 amide bonds. The third-order valence-corrected chi connectivity index (χ3v) is 3.61. The smallest absolute Gasteiger partial charge is 0.126 e. The molecule has 1 atom stereocenters. The summed E-state index contributed by atoms with van der Waals surface area (Å²) in [5, 5.41) is 3.18. The Labute approximate surface area is 118 Å². The Bertz CT molecular complexity index is 581. The topological polar surface area (TPSA) is 12.0 Å². The highest BCUT2D eigenvalue weighted by atomic mass is 19.1. The third kappa shape index (κ3) is 3.64. The molecule has 2 aromatic rings. The summed E-state index contributed by atoms with van der Waals surface area (Å²) in [7, 11) is 1.85. The molecular weight excluding hydrogens is 256 g/mol. The lowest BCUT2D eigenvalue weighted by molar-refractivity contribution is 0.529. The summed E-state index contributed by atoms with van der Waals surface area (Å²) in [4.78, 5) is 0. The van der Waals surface area contributed by atoms with Crippen molar-refractivity contribution in [2.45, 2.75) is 25.8 Å². The van der Waals surface area contributed by atoms with Crippen molar-refractivity contribution in [2.75, 3.05) is 7.05 Å². The van der Waals surface area contributed by atoms with Crippen molar-refractivity contribution in [2.24, 2.45) is 0 Å². The monoisotopic (exact) mass is 275 g/mol. The molecule has 106 valence electrons. The molecule has 0 aliphatic carbocycles. The van der Waals surface area contributed by atoms with Crippen LogP contribution in [-0.2, 0) is 12.8 Å². The largest absolute Gasteiger partial charge is 0.316 e. The molecule has 0 aliphatic rings. The van der Waals surface area contributed by atoms with Gasteiger partial charge < -0.3 is 5.32 Å². The van der Waals surface area contributed by atoms with Crippen LogP contribution in [0.25, 0.3) is 0 Å². The number of hydrogen-bond donors (Lipinski definition) is 1. The lowest BCUT2D eigenvalue weighted by Gasteiger charge is -2.18. The van der Waals surface area contributed by atoms with Crippen LogP contribution in [0.4, 0.5) is 8.78 Å². The van der Waals surface area contributed by atoms with Crippen molar-refractivity contribution in [3.8, 4) is 0 Å². The first kappa shape index (κ1) is 14.7. The second-order valence-electron chi connectivity index (χ2n) is 5.06. The minimum Gasteiger partial charge on any atom is -0.316 e. The highest BCUT2D eigenvalue weighted by Crippen LogP contribution is 2.16. The van der Waals surface area contributed by atoms with Gasteiger partial charge in [-0.2, -0.15) is 0 Å². The molecule has 0 spiro atoms. The molecule has 0 aliphatic heterocycles. The maximum Gasteiger partial charge on any atom is 0.126 e. The molecular formula is C17H19F2N. The molecule has 0 bridgehead atoms. The molecule has 0 saturated heterocycles. The summed E-state index contributed by atoms with van der Waals surface area (Å²) in [5.41, 5.74) is 2.70. The molecule has 0 aromatic heterocycles. The van der Waals surface area contributed by atoms with Crippen molar-refractivity contribution in [3.63, 3.8) is 0 Å². The van der Waals surface area contributed by atoms with Gasteiger partial charge in [-0.25, -0.2) is 8.78 Å². The van der Waals surface area contributed by atoms with Crippen molar-refractivity contribution in [3.05, 3.63) is 70.8 Å². The fourth-order valence-electron chi connectivity index (χ4n) is 2.33. The van der Waals surface area contributed by atoms with Crippen LogP contribution < -0.4 is 5.32 Å². The zero-order valence-electron chi connectivity index (χ0n) is 11.8. The van der Waals surface area contributed by atoms with E-state index in [2.05, 4.69) is 5.32 Å². The van der Waals surface area contributed by atoms with E-state index in [4.69, 9.17) is 0 Å². The van der Waals surface area contributed by atoms with Gasteiger partial charge in [-0.15, -0.1) is 0 Å². The van der Waals surface area contributed by atoms with Gasteiger partial charge in [-0.1, -0.05) is 24.3 Å². The maximum atomic E-state index is 13.7. The molecule has 1 N–H and O–H groups in total. The Morgan fingerprint density at radius 2 is 1.70 bits per heavy atom. The van der Waals surface area contributed by atoms with E-state index in [-0.39, 0.29) is 17.7 Å². The van der Waals surface area contributed by atoms with Crippen molar-refractivity contribution in [1.29, 1.82) is 0 Å². The van der Waals surface area contributed by atoms with E-state index in [1.165, 1.54) is 12.1 Å². The van der Waals surface area contributed by atoms with Crippen LogP contribution in [0.1, 0.15) is 16.7 Å². The van der Waals surface area contributed by atoms with Crippen LogP contribution in [0, 0.1) is 18.6 Å². The number of benzene rings is 2. The summed E-state index contributed by atoms with van der Waals surface area (Å²) >= 11 is 0. The molecule has 2 rings (SSSR count). The van der Waals surface area contributed by atoms with E-state index < -0.39 is 0 Å². The zero-order valence-corrected chi connectivity index (χ0v) is 11.8. The van der Waals surface area contributed by atoms with Gasteiger partial charge in [0.25, 0.3) is 0 Å². The summed E-state index contributed by atoms with van der Waals surface area (Å²) in [6, 6.07) is 11.6. The summed E-state index contributed by atoms with van der Waals surface area (Å²) in [5.74, 6) is -0.421. The highest BCUT2D eigenvalue weighted by Gasteiger charge is 2.12. The Morgan fingerprint density at radius 1 is 1.00 bits per heavy atom. The third-order valence-electron chi connectivity index (χ3n) is 3.61. The second-order valence-corrected chi connectivity index (χ2v) is 5.06. The standard InChI is InChI=1S/C17H19F2N/c1-12-7-8-15(18)9-14(12)11-16(20-2)10-13-5-3-4-6-17(13)19/h3-9,16,20H,10-11H2,1-2H3. The highest BCUT2D eigenvalue weighted by molar-refractivity contribution is 5.28. The summed E-state index contributed by atoms with van der Waals surface area (Å²) < 4.78 is 27.0. The molecule has 0 heterocycles. The maximum absolute atomic E-state index is 13.7. The zero-order chi connectivity index (χ0) is 14.5. The quantitative estimate of drug-likeness (QED) is 0.878. The van der Waals surface area contributed by atoms with Crippen LogP contribution in [-0.4, -0.2) is 13.1 Å². The van der Waals surface area contributed by atoms with Crippen molar-refractivity contribution < 1.29 is 8.78 Å². The molecule has 20 heavy (non-hydrogen) atoms. The van der Waals surface area contributed by atoms with Gasteiger partial charge >= 0.3 is 0 Å². The Kier molecular flexibility index (Phi) is 4.85. The van der Waals surface area contributed by atoms with Crippen molar-refractivity contribution in [1.82, 2.24) is 5.32 Å². The van der Waals surface area contributed by atoms with Gasteiger partial charge in [-0.3, -0.25) is 0 Å². The lowest BCUT2D eigenvalue weighted by atomic mass is 9.96. The molecule has 0 fully saturated rings. The Hall–Kier alpha value is -1.74. The predicted octanol–water partition coefficient (Wildman–Crippen LogP) is 3.65. The molecule has 0 radical (unpaired) electrons. The molecule has 0 saturated carbocycles. The van der Waals surface area contributed by atoms with Gasteiger partial charge in [0.2, 0.25) is 0 Å². The number of aryl methyl sites for hydroxylation is 1. The average Bonchev–Trinajstić information content (AvgIpc) is 2.44. The van der Waals surface area contributed by atoms with E-state index in [0.717, 1.165) is 11.1 Å². The SMILES string of the molecule is CNC(Cc1cc(F)ccc1C)Cc1ccccc1F. The molecule has 3 heteroatoms. The van der Waals surface area contributed by atoms with Gasteiger partial charge in [0.15, 0.2) is 0 Å². The van der Waals surface area contributed by atoms with Gasteiger partial charge in [0.05, 0.1) is 0 Å². The number of hydrogen-bond acceptors (Lipinski definition) is 1. The first-order valence-electron chi connectivity index (χ1n) is 6.76. The predicted molar refractivity (Wildman–Crippen MR) is 77.8 cm³/mol. The van der Waals surface area contributed by atoms with E-state index in [0.29, 0.717) is 18.4 Å². The number of likely N-dealkylation sites (N-methyl/N-ethyl adjacent to an activating group) is 1. The van der Waals surface area contributed by atoms with E-state index in [9.17, 15) is 8.78 Å². The number of halogens is 2. The van der Waals surface area contributed by atoms with E-state index in [1.54, 1.807) is 24.3 Å². The summed E-state index contributed by atoms with van der Waals surface area (Å²) in [6.45, 7) is 1.96. The van der Waals surface area contributed by atoms with Crippen LogP contribution >= 0.6 is 0 Å². The molecule has 1 nitrogen and oxygen atoms in total. The first-order valence-corrected chi connectivity index (χ1v) is 6.76. The van der Waals surface area contributed by atoms with Crippen LogP contribution in [0.3, 0.4) is 0 Å². The summed E-state index contributed by atoms with van der Waals surface area (Å²) in [6.07, 6.45) is 1.26. The molecule has 1 unspecified atom stereocenters. The lowest BCUT2D eigenvalue weighted by Crippen LogP contribution is -2.30. The van der Waals surface area contributed by atoms with Gasteiger partial charge in [0, 0.05) is 6.04 Å². The number of rotatable bonds is 5. The van der Waals surface area contributed by atoms with Crippen LogP contribution in [0.15, 0.2) is 42.5 Å². The van der Waals surface area contributed by atoms with Gasteiger partial charge in [-0.05, 0) is 61.7 Å². The minimum absolute atomic E-state index is 0.0763. The van der Waals surface area contributed by atoms with E-state index >= 15 is 0 Å². The van der Waals surface area contributed by atoms with Crippen LogP contribution in [0.2, 0.25) is 0 Å². The number of nitrogens with one attached hydrogen (secondary N) is 1. The fraction of sp³-hybridized carbons (Fsp3) is 0.294. The van der Waals surface area contributed by atoms with Gasteiger partial charge in [0.1, 0.15) is 11.6 Å². The van der Waals surface area contributed by atoms with Crippen LogP contribution in [0.5, 0.6) is 0 Å². The Morgan fingerprint density at radius 3 is 2.40 bits per heavy atom. The average molecular weight is 275 g/mol. The normalized spacial score (nSPS) is 12.4. The molecule has 2 aromatic carbocycles. The second kappa shape index (κ2) is 6.62. The minimum atomic E-state index is -0.230. The Balaban J connectivity index is 2.13. The fourth-order valence-corrected chi connectivity index (χ4v) is 2.33.